The molecule has 0 unspecified atom stereocenters. The Hall–Kier alpha value is -1.73. The van der Waals surface area contributed by atoms with Gasteiger partial charge in [0, 0.05) is 18.2 Å². The van der Waals surface area contributed by atoms with E-state index >= 15 is 0 Å². The summed E-state index contributed by atoms with van der Waals surface area (Å²) in [6.07, 6.45) is 2.45. The first-order chi connectivity index (χ1) is 13.3. The van der Waals surface area contributed by atoms with E-state index < -0.39 is 12.2 Å². The van der Waals surface area contributed by atoms with Crippen LogP contribution in [-0.2, 0) is 0 Å². The number of hydrogen-bond donors (Lipinski definition) is 2. The van der Waals surface area contributed by atoms with E-state index in [1.54, 1.807) is 0 Å². The quantitative estimate of drug-likeness (QED) is 0.804. The molecule has 0 spiro atoms. The molecular formula is C20H27F3N4O. The Morgan fingerprint density at radius 1 is 1.21 bits per heavy atom. The van der Waals surface area contributed by atoms with Gasteiger partial charge in [0.15, 0.2) is 11.7 Å². The summed E-state index contributed by atoms with van der Waals surface area (Å²) >= 11 is 0. The third kappa shape index (κ3) is 3.18. The number of carbonyl (C=O) groups is 1. The highest BCUT2D eigenvalue weighted by Crippen LogP contribution is 2.49. The lowest BCUT2D eigenvalue weighted by Crippen LogP contribution is -2.41. The summed E-state index contributed by atoms with van der Waals surface area (Å²) in [5.74, 6) is 2.16. The van der Waals surface area contributed by atoms with Crippen molar-refractivity contribution in [2.24, 2.45) is 23.7 Å². The minimum atomic E-state index is -4.37. The third-order valence-corrected chi connectivity index (χ3v) is 7.44. The number of aromatic nitrogens is 2. The molecule has 28 heavy (non-hydrogen) atoms. The second-order valence-corrected chi connectivity index (χ2v) is 9.34. The van der Waals surface area contributed by atoms with Gasteiger partial charge in [0.1, 0.15) is 5.82 Å². The summed E-state index contributed by atoms with van der Waals surface area (Å²) in [5, 5.41) is 10.3. The van der Waals surface area contributed by atoms with Gasteiger partial charge in [0.05, 0.1) is 0 Å². The van der Waals surface area contributed by atoms with Crippen molar-refractivity contribution in [2.75, 3.05) is 5.32 Å². The molecule has 0 aromatic carbocycles. The van der Waals surface area contributed by atoms with E-state index in [9.17, 15) is 18.0 Å². The second-order valence-electron chi connectivity index (χ2n) is 9.34. The molecule has 4 aliphatic rings. The van der Waals surface area contributed by atoms with Crippen LogP contribution in [0.2, 0.25) is 0 Å². The molecule has 2 N–H and O–H groups in total. The van der Waals surface area contributed by atoms with Crippen LogP contribution in [-0.4, -0.2) is 33.9 Å². The highest BCUT2D eigenvalue weighted by Gasteiger charge is 2.49. The maximum Gasteiger partial charge on any atom is 0.410 e. The number of alkyl halides is 3. The summed E-state index contributed by atoms with van der Waals surface area (Å²) in [4.78, 5) is 12.7. The third-order valence-electron chi connectivity index (χ3n) is 7.44. The van der Waals surface area contributed by atoms with Gasteiger partial charge in [-0.3, -0.25) is 4.79 Å². The first-order valence-corrected chi connectivity index (χ1v) is 10.5. The Labute approximate surface area is 162 Å². The molecule has 5 rings (SSSR count). The lowest BCUT2D eigenvalue weighted by atomic mass is 9.84. The minimum absolute atomic E-state index is 0.0205. The van der Waals surface area contributed by atoms with Gasteiger partial charge < -0.3 is 10.6 Å². The highest BCUT2D eigenvalue weighted by molar-refractivity contribution is 5.93. The average Bonchev–Trinajstić information content (AvgIpc) is 3.07. The van der Waals surface area contributed by atoms with E-state index in [1.807, 2.05) is 6.92 Å². The van der Waals surface area contributed by atoms with Crippen LogP contribution in [0.4, 0.5) is 19.0 Å². The molecular weight excluding hydrogens is 369 g/mol. The molecule has 2 bridgehead atoms. The average molecular weight is 396 g/mol. The normalized spacial score (nSPS) is 35.4. The molecule has 1 aromatic heterocycles. The molecule has 6 atom stereocenters. The van der Waals surface area contributed by atoms with Gasteiger partial charge in [0.25, 0.3) is 5.91 Å². The molecule has 0 saturated heterocycles. The molecule has 1 aliphatic heterocycles. The van der Waals surface area contributed by atoms with Crippen LogP contribution in [0.1, 0.15) is 68.4 Å². The van der Waals surface area contributed by atoms with Crippen molar-refractivity contribution in [3.05, 3.63) is 11.8 Å². The molecule has 3 aliphatic carbocycles. The maximum atomic E-state index is 13.6. The molecule has 5 nitrogen and oxygen atoms in total. The number of anilines is 1. The number of hydrogen-bond acceptors (Lipinski definition) is 3. The van der Waals surface area contributed by atoms with Crippen LogP contribution < -0.4 is 10.6 Å². The number of nitrogens with zero attached hydrogens (tertiary/aromatic N) is 2. The number of rotatable bonds is 4. The van der Waals surface area contributed by atoms with Crippen LogP contribution in [0.15, 0.2) is 6.07 Å². The molecule has 1 amide bonds. The van der Waals surface area contributed by atoms with Crippen LogP contribution >= 0.6 is 0 Å². The fraction of sp³-hybridized carbons (Fsp3) is 0.800. The molecule has 3 saturated carbocycles. The van der Waals surface area contributed by atoms with Gasteiger partial charge in [-0.15, -0.1) is 0 Å². The largest absolute Gasteiger partial charge is 0.410 e. The summed E-state index contributed by atoms with van der Waals surface area (Å²) in [5.41, 5.74) is 0.0724. The van der Waals surface area contributed by atoms with E-state index in [4.69, 9.17) is 0 Å². The standard InChI is InChI=1S/C20H27F3N4O/c1-10(14-7-11-2-3-13(14)6-11)24-19(28)16-9-18-25-15(12-4-5-12)8-17(20(21,22)23)27(18)26-16/h9-15,17,25H,2-8H2,1H3,(H,24,28)/t10-,11+,13+,14+,15+,17-/m1/s1. The van der Waals surface area contributed by atoms with Crippen LogP contribution in [0.3, 0.4) is 0 Å². The van der Waals surface area contributed by atoms with Crippen molar-refractivity contribution >= 4 is 11.7 Å². The Balaban J connectivity index is 1.33. The smallest absolute Gasteiger partial charge is 0.367 e. The van der Waals surface area contributed by atoms with Crippen molar-refractivity contribution in [3.63, 3.8) is 0 Å². The molecule has 154 valence electrons. The number of halogens is 3. The predicted octanol–water partition coefficient (Wildman–Crippen LogP) is 4.14. The van der Waals surface area contributed by atoms with Gasteiger partial charge in [-0.1, -0.05) is 6.42 Å². The Bertz CT molecular complexity index is 772. The van der Waals surface area contributed by atoms with Crippen LogP contribution in [0.5, 0.6) is 0 Å². The number of fused-ring (bicyclic) bond motifs is 3. The van der Waals surface area contributed by atoms with Crippen molar-refractivity contribution < 1.29 is 18.0 Å². The SMILES string of the molecule is C[C@@H](NC(=O)c1cc2n(n1)[C@@H](C(F)(F)F)C[C@@H](C1CC1)N2)[C@@H]1C[C@H]2CC[C@H]1C2. The minimum Gasteiger partial charge on any atom is -0.367 e. The molecule has 1 aromatic rings. The topological polar surface area (TPSA) is 59.0 Å². The van der Waals surface area contributed by atoms with Crippen molar-refractivity contribution in [3.8, 4) is 0 Å². The van der Waals surface area contributed by atoms with Gasteiger partial charge >= 0.3 is 6.18 Å². The van der Waals surface area contributed by atoms with E-state index in [1.165, 1.54) is 25.3 Å². The fourth-order valence-electron chi connectivity index (χ4n) is 5.82. The molecule has 0 radical (unpaired) electrons. The van der Waals surface area contributed by atoms with E-state index in [0.29, 0.717) is 23.6 Å². The van der Waals surface area contributed by atoms with Crippen molar-refractivity contribution in [2.45, 2.75) is 76.2 Å². The lowest BCUT2D eigenvalue weighted by Gasteiger charge is -2.33. The van der Waals surface area contributed by atoms with Crippen molar-refractivity contribution in [1.82, 2.24) is 15.1 Å². The Morgan fingerprint density at radius 2 is 1.96 bits per heavy atom. The van der Waals surface area contributed by atoms with E-state index in [0.717, 1.165) is 29.9 Å². The monoisotopic (exact) mass is 396 g/mol. The summed E-state index contributed by atoms with van der Waals surface area (Å²) in [7, 11) is 0. The zero-order valence-electron chi connectivity index (χ0n) is 16.0. The highest BCUT2D eigenvalue weighted by atomic mass is 19.4. The summed E-state index contributed by atoms with van der Waals surface area (Å²) < 4.78 is 41.8. The summed E-state index contributed by atoms with van der Waals surface area (Å²) in [6.45, 7) is 2.01. The Morgan fingerprint density at radius 3 is 2.57 bits per heavy atom. The van der Waals surface area contributed by atoms with Gasteiger partial charge in [-0.25, -0.2) is 4.68 Å². The first-order valence-electron chi connectivity index (χ1n) is 10.5. The molecule has 2 heterocycles. The number of amides is 1. The van der Waals surface area contributed by atoms with Crippen LogP contribution in [0.25, 0.3) is 0 Å². The number of nitrogens with one attached hydrogen (secondary N) is 2. The number of carbonyl (C=O) groups excluding carboxylic acids is 1. The predicted molar refractivity (Wildman–Crippen MR) is 97.9 cm³/mol. The van der Waals surface area contributed by atoms with E-state index in [-0.39, 0.29) is 30.1 Å². The Kier molecular flexibility index (Phi) is 4.18. The zero-order valence-corrected chi connectivity index (χ0v) is 16.0. The van der Waals surface area contributed by atoms with Crippen LogP contribution in [0, 0.1) is 23.7 Å². The second kappa shape index (κ2) is 6.39. The van der Waals surface area contributed by atoms with E-state index in [2.05, 4.69) is 15.7 Å². The van der Waals surface area contributed by atoms with Gasteiger partial charge in [-0.2, -0.15) is 18.3 Å². The first kappa shape index (κ1) is 18.3. The van der Waals surface area contributed by atoms with Gasteiger partial charge in [-0.05, 0) is 69.1 Å². The van der Waals surface area contributed by atoms with Gasteiger partial charge in [0.2, 0.25) is 0 Å². The summed E-state index contributed by atoms with van der Waals surface area (Å²) in [6, 6.07) is -0.360. The maximum absolute atomic E-state index is 13.6. The lowest BCUT2D eigenvalue weighted by molar-refractivity contribution is -0.174. The fourth-order valence-corrected chi connectivity index (χ4v) is 5.82. The molecule has 8 heteroatoms. The molecule has 3 fully saturated rings. The zero-order chi connectivity index (χ0) is 19.6. The van der Waals surface area contributed by atoms with Crippen molar-refractivity contribution in [1.29, 1.82) is 0 Å².